The molecule has 0 aliphatic heterocycles. The van der Waals surface area contributed by atoms with Gasteiger partial charge in [0.1, 0.15) is 5.54 Å². The number of carbonyl (C=O) groups is 1. The topological polar surface area (TPSA) is 55.1 Å². The van der Waals surface area contributed by atoms with E-state index in [2.05, 4.69) is 17.5 Å². The van der Waals surface area contributed by atoms with Crippen molar-refractivity contribution in [2.45, 2.75) is 19.4 Å². The molecule has 0 unspecified atom stereocenters. The molecule has 3 nitrogen and oxygen atoms in total. The Morgan fingerprint density at radius 3 is 2.20 bits per heavy atom. The molecule has 0 spiro atoms. The van der Waals surface area contributed by atoms with E-state index < -0.39 is 10.8 Å². The molecule has 0 radical (unpaired) electrons. The van der Waals surface area contributed by atoms with Gasteiger partial charge in [-0.3, -0.25) is 4.79 Å². The first-order valence-corrected chi connectivity index (χ1v) is 3.42. The number of thiocarbonyl (C=S) groups is 1. The molecule has 0 fully saturated rings. The summed E-state index contributed by atoms with van der Waals surface area (Å²) in [5, 5.41) is 2.10. The smallest absolute Gasteiger partial charge is 0.246 e. The molecule has 5 heteroatoms. The predicted octanol–water partition coefficient (Wildman–Crippen LogP) is 0.364. The molecule has 10 heavy (non-hydrogen) atoms. The lowest BCUT2D eigenvalue weighted by Crippen LogP contribution is -2.49. The first kappa shape index (κ1) is 9.65. The SMILES string of the molecule is CC(C)(NC(N)=S)C(=O)Cl. The van der Waals surface area contributed by atoms with Crippen LogP contribution in [0.2, 0.25) is 0 Å². The Balaban J connectivity index is 4.13. The van der Waals surface area contributed by atoms with Gasteiger partial charge in [0.25, 0.3) is 0 Å². The second-order valence-electron chi connectivity index (χ2n) is 2.39. The molecule has 0 rings (SSSR count). The summed E-state index contributed by atoms with van der Waals surface area (Å²) >= 11 is 9.72. The average Bonchev–Trinajstić information content (AvgIpc) is 1.60. The average molecular weight is 181 g/mol. The minimum Gasteiger partial charge on any atom is -0.376 e. The number of hydrogen-bond acceptors (Lipinski definition) is 2. The van der Waals surface area contributed by atoms with Crippen LogP contribution in [0.5, 0.6) is 0 Å². The van der Waals surface area contributed by atoms with Gasteiger partial charge in [-0.25, -0.2) is 0 Å². The summed E-state index contributed by atoms with van der Waals surface area (Å²) in [5.41, 5.74) is 4.26. The van der Waals surface area contributed by atoms with Crippen LogP contribution in [0, 0.1) is 0 Å². The molecule has 58 valence electrons. The first-order valence-electron chi connectivity index (χ1n) is 2.64. The van der Waals surface area contributed by atoms with E-state index in [9.17, 15) is 4.79 Å². The molecule has 0 atom stereocenters. The van der Waals surface area contributed by atoms with Gasteiger partial charge in [0.2, 0.25) is 5.24 Å². The minimum absolute atomic E-state index is 0.0685. The zero-order valence-electron chi connectivity index (χ0n) is 5.77. The standard InChI is InChI=1S/C5H9ClN2OS/c1-5(2,3(6)9)8-4(7)10/h1-2H3,(H3,7,8,10). The molecule has 0 aliphatic rings. The summed E-state index contributed by atoms with van der Waals surface area (Å²) in [7, 11) is 0. The number of nitrogens with one attached hydrogen (secondary N) is 1. The molecule has 0 aromatic heterocycles. The number of rotatable bonds is 2. The Hall–Kier alpha value is -0.350. The summed E-state index contributed by atoms with van der Waals surface area (Å²) < 4.78 is 0. The van der Waals surface area contributed by atoms with E-state index in [1.807, 2.05) is 0 Å². The number of hydrogen-bond donors (Lipinski definition) is 2. The molecule has 0 amide bonds. The maximum atomic E-state index is 10.6. The number of nitrogens with two attached hydrogens (primary N) is 1. The van der Waals surface area contributed by atoms with E-state index >= 15 is 0 Å². The van der Waals surface area contributed by atoms with Gasteiger partial charge in [0.15, 0.2) is 5.11 Å². The monoisotopic (exact) mass is 180 g/mol. The van der Waals surface area contributed by atoms with Gasteiger partial charge in [-0.2, -0.15) is 0 Å². The van der Waals surface area contributed by atoms with Crippen LogP contribution in [0.4, 0.5) is 0 Å². The quantitative estimate of drug-likeness (QED) is 0.476. The van der Waals surface area contributed by atoms with Crippen LogP contribution in [0.3, 0.4) is 0 Å². The molecule has 0 aliphatic carbocycles. The van der Waals surface area contributed by atoms with E-state index in [0.29, 0.717) is 0 Å². The zero-order chi connectivity index (χ0) is 8.36. The van der Waals surface area contributed by atoms with E-state index in [1.165, 1.54) is 0 Å². The summed E-state index contributed by atoms with van der Waals surface area (Å²) in [6.07, 6.45) is 0. The van der Waals surface area contributed by atoms with Crippen molar-refractivity contribution in [1.82, 2.24) is 5.32 Å². The van der Waals surface area contributed by atoms with Gasteiger partial charge in [-0.05, 0) is 37.7 Å². The maximum absolute atomic E-state index is 10.6. The van der Waals surface area contributed by atoms with Crippen molar-refractivity contribution < 1.29 is 4.79 Å². The Morgan fingerprint density at radius 2 is 2.10 bits per heavy atom. The minimum atomic E-state index is -0.868. The zero-order valence-corrected chi connectivity index (χ0v) is 7.34. The van der Waals surface area contributed by atoms with E-state index in [0.717, 1.165) is 0 Å². The molecule has 0 heterocycles. The second kappa shape index (κ2) is 3.16. The van der Waals surface area contributed by atoms with Gasteiger partial charge < -0.3 is 11.1 Å². The fourth-order valence-electron chi connectivity index (χ4n) is 0.357. The summed E-state index contributed by atoms with van der Waals surface area (Å²) in [4.78, 5) is 10.6. The Kier molecular flexibility index (Phi) is 3.05. The van der Waals surface area contributed by atoms with Crippen molar-refractivity contribution >= 4 is 34.2 Å². The normalized spacial score (nSPS) is 10.7. The molecule has 3 N–H and O–H groups in total. The maximum Gasteiger partial charge on any atom is 0.246 e. The molecule has 0 bridgehead atoms. The van der Waals surface area contributed by atoms with Crippen molar-refractivity contribution in [2.24, 2.45) is 5.73 Å². The van der Waals surface area contributed by atoms with Gasteiger partial charge >= 0.3 is 0 Å². The third-order valence-electron chi connectivity index (χ3n) is 0.927. The van der Waals surface area contributed by atoms with Crippen LogP contribution >= 0.6 is 23.8 Å². The highest BCUT2D eigenvalue weighted by Crippen LogP contribution is 2.05. The molecule has 0 saturated heterocycles. The van der Waals surface area contributed by atoms with Crippen molar-refractivity contribution in [2.75, 3.05) is 0 Å². The Morgan fingerprint density at radius 1 is 1.70 bits per heavy atom. The summed E-state index contributed by atoms with van der Waals surface area (Å²) in [6, 6.07) is 0. The number of carbonyl (C=O) groups excluding carboxylic acids is 1. The third-order valence-corrected chi connectivity index (χ3v) is 1.50. The van der Waals surface area contributed by atoms with Crippen molar-refractivity contribution in [3.63, 3.8) is 0 Å². The van der Waals surface area contributed by atoms with Crippen LogP contribution < -0.4 is 11.1 Å². The highest BCUT2D eigenvalue weighted by molar-refractivity contribution is 7.80. The number of halogens is 1. The van der Waals surface area contributed by atoms with Crippen LogP contribution in [0.15, 0.2) is 0 Å². The lowest BCUT2D eigenvalue weighted by atomic mass is 10.1. The Bertz CT molecular complexity index is 169. The summed E-state index contributed by atoms with van der Waals surface area (Å²) in [6.45, 7) is 3.20. The largest absolute Gasteiger partial charge is 0.376 e. The fourth-order valence-corrected chi connectivity index (χ4v) is 0.660. The molecular weight excluding hydrogens is 172 g/mol. The van der Waals surface area contributed by atoms with E-state index in [4.69, 9.17) is 17.3 Å². The summed E-state index contributed by atoms with van der Waals surface area (Å²) in [5.74, 6) is 0. The Labute approximate surface area is 69.9 Å². The van der Waals surface area contributed by atoms with E-state index in [1.54, 1.807) is 13.8 Å². The van der Waals surface area contributed by atoms with Gasteiger partial charge in [-0.1, -0.05) is 0 Å². The van der Waals surface area contributed by atoms with Crippen LogP contribution in [0.1, 0.15) is 13.8 Å². The highest BCUT2D eigenvalue weighted by Gasteiger charge is 2.25. The van der Waals surface area contributed by atoms with Crippen molar-refractivity contribution in [3.05, 3.63) is 0 Å². The van der Waals surface area contributed by atoms with Crippen LogP contribution in [-0.4, -0.2) is 15.9 Å². The second-order valence-corrected chi connectivity index (χ2v) is 3.17. The van der Waals surface area contributed by atoms with Crippen molar-refractivity contribution in [1.29, 1.82) is 0 Å². The lowest BCUT2D eigenvalue weighted by Gasteiger charge is -2.20. The van der Waals surface area contributed by atoms with Gasteiger partial charge in [-0.15, -0.1) is 0 Å². The lowest BCUT2D eigenvalue weighted by molar-refractivity contribution is -0.115. The molecule has 0 aromatic rings. The van der Waals surface area contributed by atoms with Crippen LogP contribution in [0.25, 0.3) is 0 Å². The van der Waals surface area contributed by atoms with E-state index in [-0.39, 0.29) is 5.11 Å². The molecule has 0 saturated carbocycles. The van der Waals surface area contributed by atoms with Crippen molar-refractivity contribution in [3.8, 4) is 0 Å². The third kappa shape index (κ3) is 2.98. The molecule has 0 aromatic carbocycles. The fraction of sp³-hybridized carbons (Fsp3) is 0.600. The first-order chi connectivity index (χ1) is 4.36. The van der Waals surface area contributed by atoms with Gasteiger partial charge in [0, 0.05) is 0 Å². The predicted molar refractivity (Wildman–Crippen MR) is 44.9 cm³/mol. The molecular formula is C5H9ClN2OS. The van der Waals surface area contributed by atoms with Crippen LogP contribution in [-0.2, 0) is 4.79 Å². The highest BCUT2D eigenvalue weighted by atomic mass is 35.5. The van der Waals surface area contributed by atoms with Gasteiger partial charge in [0.05, 0.1) is 0 Å².